The molecular weight excluding hydrogens is 376 g/mol. The first-order valence-corrected chi connectivity index (χ1v) is 10.6. The molecule has 6 heteroatoms. The molecule has 2 aromatic carbocycles. The Labute approximate surface area is 176 Å². The first-order chi connectivity index (χ1) is 14.5. The van der Waals surface area contributed by atoms with Gasteiger partial charge in [-0.3, -0.25) is 9.59 Å². The zero-order chi connectivity index (χ0) is 21.3. The Bertz CT molecular complexity index is 1070. The van der Waals surface area contributed by atoms with Crippen LogP contribution in [0.25, 0.3) is 22.4 Å². The Balaban J connectivity index is 1.48. The summed E-state index contributed by atoms with van der Waals surface area (Å²) in [6.45, 7) is 2.57. The number of amides is 2. The van der Waals surface area contributed by atoms with Gasteiger partial charge in [0.2, 0.25) is 5.91 Å². The zero-order valence-corrected chi connectivity index (χ0v) is 17.8. The lowest BCUT2D eigenvalue weighted by atomic mass is 10.1. The van der Waals surface area contributed by atoms with Gasteiger partial charge < -0.3 is 14.8 Å². The van der Waals surface area contributed by atoms with Crippen molar-refractivity contribution in [3.05, 3.63) is 54.1 Å². The van der Waals surface area contributed by atoms with Crippen LogP contribution < -0.4 is 5.32 Å². The maximum atomic E-state index is 13.0. The van der Waals surface area contributed by atoms with Gasteiger partial charge in [0.25, 0.3) is 5.91 Å². The van der Waals surface area contributed by atoms with Crippen molar-refractivity contribution in [1.29, 1.82) is 0 Å². The van der Waals surface area contributed by atoms with Crippen molar-refractivity contribution >= 4 is 22.8 Å². The van der Waals surface area contributed by atoms with Crippen LogP contribution in [-0.4, -0.2) is 45.9 Å². The Morgan fingerprint density at radius 2 is 1.87 bits per heavy atom. The number of aryl methyl sites for hydroxylation is 1. The van der Waals surface area contributed by atoms with Crippen LogP contribution in [0.2, 0.25) is 0 Å². The van der Waals surface area contributed by atoms with Crippen molar-refractivity contribution in [3.63, 3.8) is 0 Å². The maximum Gasteiger partial charge on any atom is 0.253 e. The van der Waals surface area contributed by atoms with Crippen LogP contribution in [-0.2, 0) is 11.8 Å². The highest BCUT2D eigenvalue weighted by Crippen LogP contribution is 2.30. The van der Waals surface area contributed by atoms with E-state index in [2.05, 4.69) is 9.88 Å². The molecule has 6 nitrogen and oxygen atoms in total. The van der Waals surface area contributed by atoms with E-state index in [1.54, 1.807) is 4.90 Å². The second-order valence-electron chi connectivity index (χ2n) is 8.03. The Kier molecular flexibility index (Phi) is 5.57. The van der Waals surface area contributed by atoms with Gasteiger partial charge in [0.1, 0.15) is 5.82 Å². The topological polar surface area (TPSA) is 67.2 Å². The standard InChI is InChI=1S/C24H28N4O2/c1-4-25-23(29)18-13-14-19(15-18)27(2)24(30)17-11-9-16(10-12-17)22-26-20-7-5-6-8-21(20)28(22)3/h5-12,18-19H,4,13-15H2,1-3H3,(H,25,29)/t18-,19+/m0/s1. The fraction of sp³-hybridized carbons (Fsp3) is 0.375. The summed E-state index contributed by atoms with van der Waals surface area (Å²) in [4.78, 5) is 31.6. The van der Waals surface area contributed by atoms with Crippen molar-refractivity contribution in [2.24, 2.45) is 13.0 Å². The fourth-order valence-corrected chi connectivity index (χ4v) is 4.40. The Hall–Kier alpha value is -3.15. The second-order valence-corrected chi connectivity index (χ2v) is 8.03. The van der Waals surface area contributed by atoms with E-state index in [9.17, 15) is 9.59 Å². The normalized spacial score (nSPS) is 18.5. The number of carbonyl (C=O) groups is 2. The van der Waals surface area contributed by atoms with Crippen LogP contribution in [0.15, 0.2) is 48.5 Å². The summed E-state index contributed by atoms with van der Waals surface area (Å²) >= 11 is 0. The number of para-hydroxylation sites is 2. The molecule has 1 aliphatic carbocycles. The first-order valence-electron chi connectivity index (χ1n) is 10.6. The van der Waals surface area contributed by atoms with Gasteiger partial charge in [0.05, 0.1) is 11.0 Å². The van der Waals surface area contributed by atoms with Crippen LogP contribution in [0.5, 0.6) is 0 Å². The van der Waals surface area contributed by atoms with Crippen LogP contribution in [0.4, 0.5) is 0 Å². The molecule has 1 saturated carbocycles. The molecule has 1 heterocycles. The lowest BCUT2D eigenvalue weighted by Gasteiger charge is -2.25. The molecule has 0 bridgehead atoms. The number of carbonyl (C=O) groups excluding carboxylic acids is 2. The lowest BCUT2D eigenvalue weighted by Crippen LogP contribution is -2.36. The molecule has 0 radical (unpaired) electrons. The predicted molar refractivity (Wildman–Crippen MR) is 118 cm³/mol. The largest absolute Gasteiger partial charge is 0.356 e. The minimum atomic E-state index is -0.00639. The molecule has 0 aliphatic heterocycles. The van der Waals surface area contributed by atoms with Gasteiger partial charge in [0, 0.05) is 43.7 Å². The van der Waals surface area contributed by atoms with Gasteiger partial charge in [-0.1, -0.05) is 24.3 Å². The van der Waals surface area contributed by atoms with E-state index in [-0.39, 0.29) is 23.8 Å². The van der Waals surface area contributed by atoms with E-state index in [1.165, 1.54) is 0 Å². The minimum Gasteiger partial charge on any atom is -0.356 e. The van der Waals surface area contributed by atoms with Crippen molar-refractivity contribution in [3.8, 4) is 11.4 Å². The highest BCUT2D eigenvalue weighted by molar-refractivity contribution is 5.95. The summed E-state index contributed by atoms with van der Waals surface area (Å²) in [7, 11) is 3.84. The van der Waals surface area contributed by atoms with E-state index < -0.39 is 0 Å². The van der Waals surface area contributed by atoms with E-state index in [0.717, 1.165) is 41.7 Å². The molecule has 2 atom stereocenters. The molecule has 156 valence electrons. The number of nitrogens with one attached hydrogen (secondary N) is 1. The number of nitrogens with zero attached hydrogens (tertiary/aromatic N) is 3. The number of imidazole rings is 1. The number of fused-ring (bicyclic) bond motifs is 1. The molecule has 1 N–H and O–H groups in total. The molecule has 3 aromatic rings. The van der Waals surface area contributed by atoms with Gasteiger partial charge in [-0.25, -0.2) is 4.98 Å². The third kappa shape index (κ3) is 3.70. The molecule has 4 rings (SSSR count). The van der Waals surface area contributed by atoms with Crippen molar-refractivity contribution in [1.82, 2.24) is 19.8 Å². The van der Waals surface area contributed by atoms with Crippen molar-refractivity contribution in [2.75, 3.05) is 13.6 Å². The van der Waals surface area contributed by atoms with Crippen LogP contribution in [0, 0.1) is 5.92 Å². The maximum absolute atomic E-state index is 13.0. The molecule has 1 fully saturated rings. The SMILES string of the molecule is CCNC(=O)[C@H]1CC[C@@H](N(C)C(=O)c2ccc(-c3nc4ccccc4n3C)cc2)C1. The highest BCUT2D eigenvalue weighted by atomic mass is 16.2. The zero-order valence-electron chi connectivity index (χ0n) is 17.8. The van der Waals surface area contributed by atoms with Gasteiger partial charge >= 0.3 is 0 Å². The summed E-state index contributed by atoms with van der Waals surface area (Å²) in [5, 5.41) is 2.89. The molecule has 1 aliphatic rings. The smallest absolute Gasteiger partial charge is 0.253 e. The Morgan fingerprint density at radius 1 is 1.13 bits per heavy atom. The second kappa shape index (κ2) is 8.30. The third-order valence-electron chi connectivity index (χ3n) is 6.17. The molecule has 1 aromatic heterocycles. The van der Waals surface area contributed by atoms with E-state index >= 15 is 0 Å². The number of rotatable bonds is 5. The van der Waals surface area contributed by atoms with E-state index in [4.69, 9.17) is 4.98 Å². The Morgan fingerprint density at radius 3 is 2.57 bits per heavy atom. The van der Waals surface area contributed by atoms with Gasteiger partial charge in [-0.05, 0) is 50.5 Å². The van der Waals surface area contributed by atoms with Crippen LogP contribution in [0.1, 0.15) is 36.5 Å². The molecular formula is C24H28N4O2. The van der Waals surface area contributed by atoms with Crippen LogP contribution >= 0.6 is 0 Å². The van der Waals surface area contributed by atoms with E-state index in [1.807, 2.05) is 69.6 Å². The summed E-state index contributed by atoms with van der Waals surface area (Å²) in [5.41, 5.74) is 3.67. The fourth-order valence-electron chi connectivity index (χ4n) is 4.40. The van der Waals surface area contributed by atoms with Gasteiger partial charge in [0.15, 0.2) is 0 Å². The summed E-state index contributed by atoms with van der Waals surface area (Å²) in [5.74, 6) is 0.981. The van der Waals surface area contributed by atoms with Crippen molar-refractivity contribution < 1.29 is 9.59 Å². The summed E-state index contributed by atoms with van der Waals surface area (Å²) in [6, 6.07) is 15.8. The highest BCUT2D eigenvalue weighted by Gasteiger charge is 2.33. The number of aromatic nitrogens is 2. The average Bonchev–Trinajstić information content (AvgIpc) is 3.39. The molecule has 30 heavy (non-hydrogen) atoms. The lowest BCUT2D eigenvalue weighted by molar-refractivity contribution is -0.124. The number of benzene rings is 2. The van der Waals surface area contributed by atoms with Crippen LogP contribution in [0.3, 0.4) is 0 Å². The number of hydrogen-bond donors (Lipinski definition) is 1. The van der Waals surface area contributed by atoms with Crippen molar-refractivity contribution in [2.45, 2.75) is 32.2 Å². The average molecular weight is 405 g/mol. The molecule has 0 saturated heterocycles. The quantitative estimate of drug-likeness (QED) is 0.706. The summed E-state index contributed by atoms with van der Waals surface area (Å²) < 4.78 is 2.07. The van der Waals surface area contributed by atoms with Gasteiger partial charge in [-0.2, -0.15) is 0 Å². The molecule has 0 spiro atoms. The minimum absolute atomic E-state index is 0.00474. The molecule has 0 unspecified atom stereocenters. The molecule has 2 amide bonds. The first kappa shape index (κ1) is 20.1. The van der Waals surface area contributed by atoms with Gasteiger partial charge in [-0.15, -0.1) is 0 Å². The monoisotopic (exact) mass is 404 g/mol. The third-order valence-corrected chi connectivity index (χ3v) is 6.17. The summed E-state index contributed by atoms with van der Waals surface area (Å²) in [6.07, 6.45) is 2.42. The predicted octanol–water partition coefficient (Wildman–Crippen LogP) is 3.62. The number of hydrogen-bond acceptors (Lipinski definition) is 3. The van der Waals surface area contributed by atoms with E-state index in [0.29, 0.717) is 12.1 Å².